The Bertz CT molecular complexity index is 442. The van der Waals surface area contributed by atoms with Gasteiger partial charge in [-0.05, 0) is 23.8 Å². The second-order valence-corrected chi connectivity index (χ2v) is 3.50. The Labute approximate surface area is 92.4 Å². The highest BCUT2D eigenvalue weighted by molar-refractivity contribution is 5.56. The number of rotatable bonds is 3. The van der Waals surface area contributed by atoms with Gasteiger partial charge in [0.2, 0.25) is 12.8 Å². The third-order valence-electron chi connectivity index (χ3n) is 2.30. The smallest absolute Gasteiger partial charge is 0.231 e. The average molecular weight is 221 g/mol. The summed E-state index contributed by atoms with van der Waals surface area (Å²) in [5.41, 5.74) is 0.859. The normalized spacial score (nSPS) is 15.3. The van der Waals surface area contributed by atoms with E-state index in [0.29, 0.717) is 11.5 Å². The van der Waals surface area contributed by atoms with E-state index >= 15 is 0 Å². The summed E-state index contributed by atoms with van der Waals surface area (Å²) in [5, 5.41) is 10.4. The van der Waals surface area contributed by atoms with Crippen LogP contribution >= 0.6 is 0 Å². The van der Waals surface area contributed by atoms with Crippen LogP contribution in [-0.4, -0.2) is 17.8 Å². The van der Waals surface area contributed by atoms with Crippen LogP contribution in [0, 0.1) is 10.1 Å². The first kappa shape index (κ1) is 10.5. The van der Waals surface area contributed by atoms with Crippen LogP contribution in [0.5, 0.6) is 11.5 Å². The van der Waals surface area contributed by atoms with Crippen molar-refractivity contribution in [3.05, 3.63) is 40.0 Å². The van der Waals surface area contributed by atoms with E-state index in [0.717, 1.165) is 5.56 Å². The maximum atomic E-state index is 10.4. The summed E-state index contributed by atoms with van der Waals surface area (Å²) in [4.78, 5) is 10.1. The Hall–Kier alpha value is -2.04. The molecule has 0 fully saturated rings. The molecule has 84 valence electrons. The first-order valence-corrected chi connectivity index (χ1v) is 4.88. The number of fused-ring (bicyclic) bond motifs is 1. The maximum absolute atomic E-state index is 10.4. The minimum absolute atomic E-state index is 0.230. The molecular weight excluding hydrogens is 210 g/mol. The zero-order valence-corrected chi connectivity index (χ0v) is 8.75. The van der Waals surface area contributed by atoms with Gasteiger partial charge in [0, 0.05) is 11.8 Å². The van der Waals surface area contributed by atoms with Gasteiger partial charge in [-0.3, -0.25) is 10.1 Å². The molecule has 1 aromatic rings. The van der Waals surface area contributed by atoms with Gasteiger partial charge in [0.05, 0.1) is 0 Å². The van der Waals surface area contributed by atoms with Gasteiger partial charge in [0.1, 0.15) is 0 Å². The lowest BCUT2D eigenvalue weighted by Gasteiger charge is -1.98. The molecule has 1 aliphatic heterocycles. The zero-order valence-electron chi connectivity index (χ0n) is 8.75. The molecule has 1 atom stereocenters. The fourth-order valence-electron chi connectivity index (χ4n) is 1.34. The predicted molar refractivity (Wildman–Crippen MR) is 58.1 cm³/mol. The van der Waals surface area contributed by atoms with E-state index < -0.39 is 6.04 Å². The first-order chi connectivity index (χ1) is 7.66. The van der Waals surface area contributed by atoms with Crippen molar-refractivity contribution in [3.8, 4) is 11.5 Å². The van der Waals surface area contributed by atoms with E-state index in [1.807, 2.05) is 6.07 Å². The Morgan fingerprint density at radius 1 is 1.44 bits per heavy atom. The van der Waals surface area contributed by atoms with Crippen molar-refractivity contribution < 1.29 is 14.4 Å². The van der Waals surface area contributed by atoms with Crippen LogP contribution in [0.3, 0.4) is 0 Å². The molecule has 0 spiro atoms. The van der Waals surface area contributed by atoms with Crippen molar-refractivity contribution in [2.75, 3.05) is 6.79 Å². The van der Waals surface area contributed by atoms with E-state index in [9.17, 15) is 10.1 Å². The third-order valence-corrected chi connectivity index (χ3v) is 2.30. The molecule has 0 amide bonds. The van der Waals surface area contributed by atoms with Gasteiger partial charge in [-0.25, -0.2) is 0 Å². The van der Waals surface area contributed by atoms with Crippen molar-refractivity contribution in [3.63, 3.8) is 0 Å². The van der Waals surface area contributed by atoms with Gasteiger partial charge < -0.3 is 9.47 Å². The molecule has 16 heavy (non-hydrogen) atoms. The largest absolute Gasteiger partial charge is 0.454 e. The second kappa shape index (κ2) is 4.22. The number of benzene rings is 1. The first-order valence-electron chi connectivity index (χ1n) is 4.88. The third kappa shape index (κ3) is 2.13. The molecule has 0 N–H and O–H groups in total. The lowest BCUT2D eigenvalue weighted by atomic mass is 10.1. The highest BCUT2D eigenvalue weighted by Crippen LogP contribution is 2.32. The topological polar surface area (TPSA) is 61.6 Å². The quantitative estimate of drug-likeness (QED) is 0.579. The van der Waals surface area contributed by atoms with Crippen molar-refractivity contribution in [2.45, 2.75) is 13.0 Å². The molecule has 0 unspecified atom stereocenters. The summed E-state index contributed by atoms with van der Waals surface area (Å²) in [7, 11) is 0. The lowest BCUT2D eigenvalue weighted by molar-refractivity contribution is -0.504. The van der Waals surface area contributed by atoms with Crippen LogP contribution in [0.25, 0.3) is 6.08 Å². The highest BCUT2D eigenvalue weighted by Gasteiger charge is 2.12. The molecule has 0 aromatic heterocycles. The standard InChI is InChI=1S/C11H11NO4/c1-8(12(13)14)2-3-9-4-5-10-11(6-9)16-7-15-10/h2-6,8H,7H2,1H3/b3-2+/t8-/m1/s1. The summed E-state index contributed by atoms with van der Waals surface area (Å²) < 4.78 is 10.4. The van der Waals surface area contributed by atoms with Gasteiger partial charge in [0.25, 0.3) is 0 Å². The monoisotopic (exact) mass is 221 g/mol. The van der Waals surface area contributed by atoms with Gasteiger partial charge in [-0.1, -0.05) is 12.1 Å². The number of nitro groups is 1. The van der Waals surface area contributed by atoms with Crippen LogP contribution < -0.4 is 9.47 Å². The average Bonchev–Trinajstić information content (AvgIpc) is 2.72. The molecule has 2 rings (SSSR count). The molecule has 0 radical (unpaired) electrons. The Balaban J connectivity index is 2.13. The van der Waals surface area contributed by atoms with E-state index in [-0.39, 0.29) is 11.7 Å². The van der Waals surface area contributed by atoms with Gasteiger partial charge >= 0.3 is 0 Å². The fourth-order valence-corrected chi connectivity index (χ4v) is 1.34. The van der Waals surface area contributed by atoms with Gasteiger partial charge in [-0.15, -0.1) is 0 Å². The SMILES string of the molecule is C[C@H](/C=C/c1ccc2c(c1)OCO2)[N+](=O)[O-]. The molecular formula is C11H11NO4. The van der Waals surface area contributed by atoms with E-state index in [1.165, 1.54) is 13.0 Å². The van der Waals surface area contributed by atoms with Gasteiger partial charge in [0.15, 0.2) is 11.5 Å². The van der Waals surface area contributed by atoms with Crippen LogP contribution in [0.15, 0.2) is 24.3 Å². The summed E-state index contributed by atoms with van der Waals surface area (Å²) >= 11 is 0. The fraction of sp³-hybridized carbons (Fsp3) is 0.273. The van der Waals surface area contributed by atoms with Crippen LogP contribution in [0.4, 0.5) is 0 Å². The summed E-state index contributed by atoms with van der Waals surface area (Å²) in [6.07, 6.45) is 3.24. The summed E-state index contributed by atoms with van der Waals surface area (Å²) in [6, 6.07) is 4.73. The van der Waals surface area contributed by atoms with E-state index in [2.05, 4.69) is 0 Å². The van der Waals surface area contributed by atoms with Crippen LogP contribution in [-0.2, 0) is 0 Å². The summed E-state index contributed by atoms with van der Waals surface area (Å²) in [6.45, 7) is 1.76. The Morgan fingerprint density at radius 2 is 2.19 bits per heavy atom. The molecule has 0 saturated carbocycles. The molecule has 1 aromatic carbocycles. The zero-order chi connectivity index (χ0) is 11.5. The van der Waals surface area contributed by atoms with Crippen molar-refractivity contribution in [1.82, 2.24) is 0 Å². The molecule has 0 aliphatic carbocycles. The molecule has 1 aliphatic rings. The molecule has 1 heterocycles. The Kier molecular flexibility index (Phi) is 2.76. The maximum Gasteiger partial charge on any atom is 0.231 e. The molecule has 5 heteroatoms. The van der Waals surface area contributed by atoms with Crippen molar-refractivity contribution in [1.29, 1.82) is 0 Å². The molecule has 5 nitrogen and oxygen atoms in total. The lowest BCUT2D eigenvalue weighted by Crippen LogP contribution is -2.10. The van der Waals surface area contributed by atoms with Crippen LogP contribution in [0.1, 0.15) is 12.5 Å². The van der Waals surface area contributed by atoms with E-state index in [4.69, 9.17) is 9.47 Å². The minimum atomic E-state index is -0.689. The van der Waals surface area contributed by atoms with Crippen molar-refractivity contribution in [2.24, 2.45) is 0 Å². The molecule has 0 saturated heterocycles. The second-order valence-electron chi connectivity index (χ2n) is 3.50. The number of hydrogen-bond donors (Lipinski definition) is 0. The Morgan fingerprint density at radius 3 is 2.94 bits per heavy atom. The van der Waals surface area contributed by atoms with Crippen LogP contribution in [0.2, 0.25) is 0 Å². The van der Waals surface area contributed by atoms with Crippen molar-refractivity contribution >= 4 is 6.08 Å². The number of nitrogens with zero attached hydrogens (tertiary/aromatic N) is 1. The minimum Gasteiger partial charge on any atom is -0.454 e. The molecule has 0 bridgehead atoms. The number of hydrogen-bond acceptors (Lipinski definition) is 4. The predicted octanol–water partition coefficient (Wildman–Crippen LogP) is 2.09. The van der Waals surface area contributed by atoms with Gasteiger partial charge in [-0.2, -0.15) is 0 Å². The van der Waals surface area contributed by atoms with E-state index in [1.54, 1.807) is 18.2 Å². The highest BCUT2D eigenvalue weighted by atomic mass is 16.7. The number of ether oxygens (including phenoxy) is 2. The summed E-state index contributed by atoms with van der Waals surface area (Å²) in [5.74, 6) is 1.38.